The molecular weight excluding hydrogens is 196 g/mol. The maximum atomic E-state index is 11.2. The zero-order chi connectivity index (χ0) is 11.1. The Kier molecular flexibility index (Phi) is 4.79. The number of anilines is 1. The van der Waals surface area contributed by atoms with Crippen molar-refractivity contribution in [2.75, 3.05) is 25.6 Å². The number of methoxy groups -OCH3 is 1. The van der Waals surface area contributed by atoms with Crippen LogP contribution < -0.4 is 16.6 Å². The number of rotatable bonds is 6. The van der Waals surface area contributed by atoms with Gasteiger partial charge in [0.2, 0.25) is 0 Å². The van der Waals surface area contributed by atoms with Crippen molar-refractivity contribution < 1.29 is 4.74 Å². The van der Waals surface area contributed by atoms with Crippen LogP contribution in [0.2, 0.25) is 0 Å². The highest BCUT2D eigenvalue weighted by molar-refractivity contribution is 5.29. The van der Waals surface area contributed by atoms with Gasteiger partial charge in [-0.3, -0.25) is 4.79 Å². The molecule has 0 fully saturated rings. The van der Waals surface area contributed by atoms with E-state index in [1.54, 1.807) is 7.11 Å². The Morgan fingerprint density at radius 2 is 2.53 bits per heavy atom. The maximum Gasteiger partial charge on any atom is 0.290 e. The number of nitrogens with two attached hydrogens (primary N) is 1. The van der Waals surface area contributed by atoms with Crippen LogP contribution in [0.3, 0.4) is 0 Å². The van der Waals surface area contributed by atoms with Gasteiger partial charge in [0.25, 0.3) is 5.56 Å². The van der Waals surface area contributed by atoms with Crippen molar-refractivity contribution in [3.8, 4) is 0 Å². The van der Waals surface area contributed by atoms with E-state index in [1.165, 1.54) is 12.4 Å². The van der Waals surface area contributed by atoms with E-state index < -0.39 is 0 Å². The minimum atomic E-state index is -0.224. The Balaban J connectivity index is 2.32. The minimum Gasteiger partial charge on any atom is -0.383 e. The van der Waals surface area contributed by atoms with E-state index in [0.29, 0.717) is 19.0 Å². The maximum absolute atomic E-state index is 11.2. The van der Waals surface area contributed by atoms with Crippen LogP contribution in [0.4, 0.5) is 5.82 Å². The summed E-state index contributed by atoms with van der Waals surface area (Å²) >= 11 is 0. The smallest absolute Gasteiger partial charge is 0.290 e. The van der Waals surface area contributed by atoms with Crippen molar-refractivity contribution in [2.45, 2.75) is 12.5 Å². The fourth-order valence-corrected chi connectivity index (χ4v) is 1.15. The first-order valence-corrected chi connectivity index (χ1v) is 4.76. The summed E-state index contributed by atoms with van der Waals surface area (Å²) in [5.74, 6) is 0.321. The first-order chi connectivity index (χ1) is 7.24. The summed E-state index contributed by atoms with van der Waals surface area (Å²) in [5, 5.41) is 2.91. The highest BCUT2D eigenvalue weighted by atomic mass is 16.5. The number of aromatic nitrogens is 2. The summed E-state index contributed by atoms with van der Waals surface area (Å²) < 4.78 is 4.89. The molecule has 0 radical (unpaired) electrons. The second-order valence-corrected chi connectivity index (χ2v) is 3.20. The fraction of sp³-hybridized carbons (Fsp3) is 0.556. The van der Waals surface area contributed by atoms with Gasteiger partial charge in [-0.05, 0) is 6.42 Å². The predicted molar refractivity (Wildman–Crippen MR) is 57.8 cm³/mol. The molecule has 6 heteroatoms. The molecule has 0 aliphatic carbocycles. The molecule has 0 aliphatic rings. The topological polar surface area (TPSA) is 93.0 Å². The lowest BCUT2D eigenvalue weighted by Crippen LogP contribution is -2.29. The summed E-state index contributed by atoms with van der Waals surface area (Å²) in [6, 6.07) is -0.0229. The number of ether oxygens (including phenoxy) is 1. The van der Waals surface area contributed by atoms with E-state index in [4.69, 9.17) is 10.5 Å². The normalized spacial score (nSPS) is 12.4. The summed E-state index contributed by atoms with van der Waals surface area (Å²) in [4.78, 5) is 17.6. The molecular formula is C9H16N4O2. The summed E-state index contributed by atoms with van der Waals surface area (Å²) in [6.45, 7) is 1.12. The third kappa shape index (κ3) is 4.09. The Bertz CT molecular complexity index is 339. The molecule has 4 N–H and O–H groups in total. The van der Waals surface area contributed by atoms with Crippen LogP contribution in [0.1, 0.15) is 6.42 Å². The molecule has 0 bridgehead atoms. The molecule has 0 spiro atoms. The van der Waals surface area contributed by atoms with Crippen LogP contribution in [-0.2, 0) is 4.74 Å². The monoisotopic (exact) mass is 212 g/mol. The number of hydrogen-bond acceptors (Lipinski definition) is 5. The lowest BCUT2D eigenvalue weighted by Gasteiger charge is -2.10. The standard InChI is InChI=1S/C9H16N4O2/c1-15-6-7(10)2-3-11-8-9(14)13-5-4-12-8/h4-5,7H,2-3,6,10H2,1H3,(H,11,12)(H,13,14). The minimum absolute atomic E-state index is 0.0229. The van der Waals surface area contributed by atoms with E-state index in [2.05, 4.69) is 15.3 Å². The van der Waals surface area contributed by atoms with E-state index in [0.717, 1.165) is 6.42 Å². The van der Waals surface area contributed by atoms with Crippen LogP contribution in [0, 0.1) is 0 Å². The van der Waals surface area contributed by atoms with Crippen molar-refractivity contribution in [3.63, 3.8) is 0 Å². The van der Waals surface area contributed by atoms with Gasteiger partial charge in [0.15, 0.2) is 5.82 Å². The van der Waals surface area contributed by atoms with Gasteiger partial charge in [-0.2, -0.15) is 0 Å². The van der Waals surface area contributed by atoms with Gasteiger partial charge < -0.3 is 20.8 Å². The number of H-pyrrole nitrogens is 1. The van der Waals surface area contributed by atoms with E-state index in [-0.39, 0.29) is 11.6 Å². The van der Waals surface area contributed by atoms with E-state index >= 15 is 0 Å². The molecule has 0 amide bonds. The van der Waals surface area contributed by atoms with Crippen LogP contribution in [-0.4, -0.2) is 36.3 Å². The second kappa shape index (κ2) is 6.15. The molecule has 15 heavy (non-hydrogen) atoms. The van der Waals surface area contributed by atoms with Crippen molar-refractivity contribution in [3.05, 3.63) is 22.7 Å². The number of hydrogen-bond donors (Lipinski definition) is 3. The molecule has 1 rings (SSSR count). The number of nitrogens with one attached hydrogen (secondary N) is 2. The van der Waals surface area contributed by atoms with E-state index in [9.17, 15) is 4.79 Å². The van der Waals surface area contributed by atoms with Gasteiger partial charge in [0, 0.05) is 32.1 Å². The Hall–Kier alpha value is -1.40. The SMILES string of the molecule is COCC(N)CCNc1ncc[nH]c1=O. The van der Waals surface area contributed by atoms with Crippen molar-refractivity contribution in [1.82, 2.24) is 9.97 Å². The summed E-state index contributed by atoms with van der Waals surface area (Å²) in [5.41, 5.74) is 5.49. The molecule has 0 saturated heterocycles. The van der Waals surface area contributed by atoms with Crippen LogP contribution in [0.25, 0.3) is 0 Å². The zero-order valence-corrected chi connectivity index (χ0v) is 8.69. The largest absolute Gasteiger partial charge is 0.383 e. The molecule has 6 nitrogen and oxygen atoms in total. The highest BCUT2D eigenvalue weighted by Gasteiger charge is 2.02. The van der Waals surface area contributed by atoms with Gasteiger partial charge in [-0.25, -0.2) is 4.98 Å². The molecule has 0 aliphatic heterocycles. The average molecular weight is 212 g/mol. The number of aromatic amines is 1. The molecule has 84 valence electrons. The van der Waals surface area contributed by atoms with Crippen LogP contribution in [0.5, 0.6) is 0 Å². The second-order valence-electron chi connectivity index (χ2n) is 3.20. The lowest BCUT2D eigenvalue weighted by molar-refractivity contribution is 0.178. The molecule has 1 aromatic heterocycles. The van der Waals surface area contributed by atoms with Crippen molar-refractivity contribution in [2.24, 2.45) is 5.73 Å². The summed E-state index contributed by atoms with van der Waals surface area (Å²) in [6.07, 6.45) is 3.74. The highest BCUT2D eigenvalue weighted by Crippen LogP contribution is 1.93. The Morgan fingerprint density at radius 1 is 1.73 bits per heavy atom. The summed E-state index contributed by atoms with van der Waals surface area (Å²) in [7, 11) is 1.61. The van der Waals surface area contributed by atoms with Gasteiger partial charge >= 0.3 is 0 Å². The van der Waals surface area contributed by atoms with Gasteiger partial charge in [-0.1, -0.05) is 0 Å². The predicted octanol–water partition coefficient (Wildman–Crippen LogP) is -0.454. The van der Waals surface area contributed by atoms with Gasteiger partial charge in [0.1, 0.15) is 0 Å². The van der Waals surface area contributed by atoms with Gasteiger partial charge in [-0.15, -0.1) is 0 Å². The quantitative estimate of drug-likeness (QED) is 0.593. The fourth-order valence-electron chi connectivity index (χ4n) is 1.15. The lowest BCUT2D eigenvalue weighted by atomic mass is 10.2. The third-order valence-electron chi connectivity index (χ3n) is 1.90. The van der Waals surface area contributed by atoms with Crippen molar-refractivity contribution >= 4 is 5.82 Å². The Labute approximate surface area is 87.9 Å². The van der Waals surface area contributed by atoms with Crippen LogP contribution in [0.15, 0.2) is 17.2 Å². The van der Waals surface area contributed by atoms with E-state index in [1.807, 2.05) is 0 Å². The van der Waals surface area contributed by atoms with Gasteiger partial charge in [0.05, 0.1) is 6.61 Å². The average Bonchev–Trinajstić information content (AvgIpc) is 2.21. The van der Waals surface area contributed by atoms with Crippen molar-refractivity contribution in [1.29, 1.82) is 0 Å². The molecule has 0 saturated carbocycles. The molecule has 1 aromatic rings. The molecule has 1 atom stereocenters. The number of nitrogens with zero attached hydrogens (tertiary/aromatic N) is 1. The van der Waals surface area contributed by atoms with Crippen LogP contribution >= 0.6 is 0 Å². The molecule has 0 aromatic carbocycles. The third-order valence-corrected chi connectivity index (χ3v) is 1.90. The molecule has 1 unspecified atom stereocenters. The Morgan fingerprint density at radius 3 is 3.20 bits per heavy atom. The molecule has 1 heterocycles. The zero-order valence-electron chi connectivity index (χ0n) is 8.69. The first-order valence-electron chi connectivity index (χ1n) is 4.76. The first kappa shape index (κ1) is 11.7.